The zero-order valence-electron chi connectivity index (χ0n) is 16.2. The van der Waals surface area contributed by atoms with Gasteiger partial charge in [-0.05, 0) is 62.3 Å². The number of hydrogen-bond acceptors (Lipinski definition) is 3. The Hall–Kier alpha value is -2.09. The van der Waals surface area contributed by atoms with E-state index in [1.807, 2.05) is 0 Å². The summed E-state index contributed by atoms with van der Waals surface area (Å²) in [7, 11) is 1.49. The lowest BCUT2D eigenvalue weighted by molar-refractivity contribution is -0.145. The number of anilines is 1. The van der Waals surface area contributed by atoms with E-state index in [1.165, 1.54) is 13.2 Å². The second kappa shape index (κ2) is 7.73. The number of nitrogens with one attached hydrogen (secondary N) is 1. The molecule has 0 radical (unpaired) electrons. The number of methoxy groups -OCH3 is 1. The maximum absolute atomic E-state index is 12.9. The fraction of sp³-hybridized carbons (Fsp3) is 0.600. The highest BCUT2D eigenvalue weighted by Crippen LogP contribution is 2.43. The van der Waals surface area contributed by atoms with Gasteiger partial charge in [0.15, 0.2) is 0 Å². The number of hydrogen-bond donors (Lipinski definition) is 1. The van der Waals surface area contributed by atoms with Crippen LogP contribution in [0, 0.1) is 24.7 Å². The Morgan fingerprint density at radius 3 is 2.32 bits per heavy atom. The van der Waals surface area contributed by atoms with Crippen molar-refractivity contribution >= 4 is 17.5 Å². The van der Waals surface area contributed by atoms with Crippen molar-refractivity contribution in [3.8, 4) is 0 Å². The van der Waals surface area contributed by atoms with E-state index in [9.17, 15) is 22.8 Å². The quantitative estimate of drug-likeness (QED) is 0.845. The predicted octanol–water partition coefficient (Wildman–Crippen LogP) is 3.47. The van der Waals surface area contributed by atoms with Gasteiger partial charge in [0.05, 0.1) is 5.56 Å². The van der Waals surface area contributed by atoms with Crippen LogP contribution in [0.5, 0.6) is 0 Å². The molecule has 1 aromatic rings. The predicted molar refractivity (Wildman–Crippen MR) is 97.6 cm³/mol. The monoisotopic (exact) mass is 398 g/mol. The third-order valence-corrected chi connectivity index (χ3v) is 5.96. The lowest BCUT2D eigenvalue weighted by atomic mass is 9.84. The topological polar surface area (TPSA) is 58.6 Å². The smallest absolute Gasteiger partial charge is 0.372 e. The number of amides is 2. The number of halogens is 3. The standard InChI is InChI=1S/C20H25F3N2O3/c1-11-8-15(20(21,22)23)6-7-16(11)24-18(26)17-13-4-5-14(17)10-25(9-13)19(27)12(2)28-3/h6-8,12-14,17H,4-5,9-10H2,1-3H3,(H,24,26)/t12-,13-,14+,17?/m1/s1. The van der Waals surface area contributed by atoms with Crippen LogP contribution >= 0.6 is 0 Å². The van der Waals surface area contributed by atoms with Crippen molar-refractivity contribution in [2.45, 2.75) is 39.0 Å². The second-order valence-electron chi connectivity index (χ2n) is 7.76. The zero-order chi connectivity index (χ0) is 20.6. The molecular formula is C20H25F3N2O3. The van der Waals surface area contributed by atoms with Crippen molar-refractivity contribution < 1.29 is 27.5 Å². The number of nitrogens with zero attached hydrogens (tertiary/aromatic N) is 1. The summed E-state index contributed by atoms with van der Waals surface area (Å²) in [6, 6.07) is 3.32. The van der Waals surface area contributed by atoms with E-state index in [0.717, 1.165) is 25.0 Å². The molecule has 8 heteroatoms. The van der Waals surface area contributed by atoms with Gasteiger partial charge in [-0.15, -0.1) is 0 Å². The van der Waals surface area contributed by atoms with Crippen molar-refractivity contribution in [3.63, 3.8) is 0 Å². The molecule has 28 heavy (non-hydrogen) atoms. The van der Waals surface area contributed by atoms with Gasteiger partial charge in [0.25, 0.3) is 5.91 Å². The molecule has 1 heterocycles. The van der Waals surface area contributed by atoms with E-state index in [2.05, 4.69) is 5.32 Å². The molecule has 2 amide bonds. The van der Waals surface area contributed by atoms with Crippen LogP contribution in [0.1, 0.15) is 30.9 Å². The van der Waals surface area contributed by atoms with Crippen molar-refractivity contribution in [2.75, 3.05) is 25.5 Å². The number of benzene rings is 1. The van der Waals surface area contributed by atoms with Crippen molar-refractivity contribution in [3.05, 3.63) is 29.3 Å². The Morgan fingerprint density at radius 1 is 1.21 bits per heavy atom. The molecule has 1 saturated heterocycles. The number of likely N-dealkylation sites (tertiary alicyclic amines) is 1. The largest absolute Gasteiger partial charge is 0.416 e. The number of fused-ring (bicyclic) bond motifs is 2. The summed E-state index contributed by atoms with van der Waals surface area (Å²) in [5.41, 5.74) is 0.0307. The molecule has 0 spiro atoms. The average molecular weight is 398 g/mol. The molecular weight excluding hydrogens is 373 g/mol. The summed E-state index contributed by atoms with van der Waals surface area (Å²) in [6.45, 7) is 4.27. The maximum atomic E-state index is 12.9. The molecule has 2 fully saturated rings. The Bertz CT molecular complexity index is 752. The first-order valence-electron chi connectivity index (χ1n) is 9.42. The highest BCUT2D eigenvalue weighted by atomic mass is 19.4. The third-order valence-electron chi connectivity index (χ3n) is 5.96. The van der Waals surface area contributed by atoms with Crippen LogP contribution in [0.15, 0.2) is 18.2 Å². The molecule has 1 aromatic carbocycles. The first-order valence-corrected chi connectivity index (χ1v) is 9.42. The van der Waals surface area contributed by atoms with Crippen LogP contribution in [0.2, 0.25) is 0 Å². The number of ether oxygens (including phenoxy) is 1. The fourth-order valence-corrected chi connectivity index (χ4v) is 4.38. The number of aryl methyl sites for hydroxylation is 1. The molecule has 2 bridgehead atoms. The van der Waals surface area contributed by atoms with Gasteiger partial charge in [0.2, 0.25) is 5.91 Å². The molecule has 154 valence electrons. The number of rotatable bonds is 4. The maximum Gasteiger partial charge on any atom is 0.416 e. The highest BCUT2D eigenvalue weighted by molar-refractivity contribution is 5.94. The highest BCUT2D eigenvalue weighted by Gasteiger charge is 2.47. The van der Waals surface area contributed by atoms with E-state index >= 15 is 0 Å². The zero-order valence-corrected chi connectivity index (χ0v) is 16.2. The lowest BCUT2D eigenvalue weighted by Gasteiger charge is -2.38. The first kappa shape index (κ1) is 20.6. The Labute approximate surface area is 162 Å². The Kier molecular flexibility index (Phi) is 5.70. The van der Waals surface area contributed by atoms with E-state index < -0.39 is 17.8 Å². The minimum Gasteiger partial charge on any atom is -0.372 e. The van der Waals surface area contributed by atoms with Crippen LogP contribution in [-0.2, 0) is 20.5 Å². The summed E-state index contributed by atoms with van der Waals surface area (Å²) in [5.74, 6) is -0.370. The number of alkyl halides is 3. The molecule has 5 nitrogen and oxygen atoms in total. The molecule has 1 aliphatic heterocycles. The molecule has 1 unspecified atom stereocenters. The van der Waals surface area contributed by atoms with Gasteiger partial charge in [0, 0.05) is 31.8 Å². The summed E-state index contributed by atoms with van der Waals surface area (Å²) in [5, 5.41) is 2.80. The summed E-state index contributed by atoms with van der Waals surface area (Å²) < 4.78 is 43.6. The third kappa shape index (κ3) is 4.01. The van der Waals surface area contributed by atoms with Crippen LogP contribution in [0.4, 0.5) is 18.9 Å². The second-order valence-corrected chi connectivity index (χ2v) is 7.76. The molecule has 1 N–H and O–H groups in total. The van der Waals surface area contributed by atoms with Gasteiger partial charge in [-0.1, -0.05) is 0 Å². The molecule has 1 aliphatic carbocycles. The van der Waals surface area contributed by atoms with Crippen LogP contribution < -0.4 is 5.32 Å². The van der Waals surface area contributed by atoms with E-state index in [1.54, 1.807) is 18.7 Å². The van der Waals surface area contributed by atoms with Gasteiger partial charge in [-0.25, -0.2) is 0 Å². The molecule has 1 saturated carbocycles. The summed E-state index contributed by atoms with van der Waals surface area (Å²) in [6.07, 6.45) is -3.20. The number of carbonyl (C=O) groups is 2. The fourth-order valence-electron chi connectivity index (χ4n) is 4.38. The number of piperidine rings is 1. The van der Waals surface area contributed by atoms with Crippen molar-refractivity contribution in [2.24, 2.45) is 17.8 Å². The van der Waals surface area contributed by atoms with Gasteiger partial charge in [-0.2, -0.15) is 13.2 Å². The normalized spacial score (nSPS) is 25.5. The average Bonchev–Trinajstić information content (AvgIpc) is 2.91. The Balaban J connectivity index is 1.69. The van der Waals surface area contributed by atoms with Crippen LogP contribution in [0.25, 0.3) is 0 Å². The Morgan fingerprint density at radius 2 is 1.82 bits per heavy atom. The van der Waals surface area contributed by atoms with Gasteiger partial charge in [0.1, 0.15) is 6.10 Å². The van der Waals surface area contributed by atoms with Crippen molar-refractivity contribution in [1.29, 1.82) is 0 Å². The first-order chi connectivity index (χ1) is 13.1. The van der Waals surface area contributed by atoms with E-state index in [4.69, 9.17) is 4.74 Å². The van der Waals surface area contributed by atoms with Gasteiger partial charge in [-0.3, -0.25) is 9.59 Å². The van der Waals surface area contributed by atoms with Crippen LogP contribution in [-0.4, -0.2) is 43.0 Å². The van der Waals surface area contributed by atoms with Gasteiger partial charge < -0.3 is 15.0 Å². The SMILES string of the molecule is CO[C@H](C)C(=O)N1C[C@H]2CC[C@@H](C1)C2C(=O)Nc1ccc(C(F)(F)F)cc1C. The number of carbonyl (C=O) groups excluding carboxylic acids is 2. The minimum absolute atomic E-state index is 0.0570. The lowest BCUT2D eigenvalue weighted by Crippen LogP contribution is -2.51. The summed E-state index contributed by atoms with van der Waals surface area (Å²) in [4.78, 5) is 27.0. The van der Waals surface area contributed by atoms with E-state index in [-0.39, 0.29) is 29.6 Å². The van der Waals surface area contributed by atoms with E-state index in [0.29, 0.717) is 24.3 Å². The molecule has 2 aliphatic rings. The summed E-state index contributed by atoms with van der Waals surface area (Å²) >= 11 is 0. The molecule has 4 atom stereocenters. The van der Waals surface area contributed by atoms with Gasteiger partial charge >= 0.3 is 6.18 Å². The van der Waals surface area contributed by atoms with Crippen molar-refractivity contribution in [1.82, 2.24) is 4.90 Å². The minimum atomic E-state index is -4.41. The van der Waals surface area contributed by atoms with Crippen LogP contribution in [0.3, 0.4) is 0 Å². The molecule has 0 aromatic heterocycles. The molecule has 3 rings (SSSR count).